The lowest BCUT2D eigenvalue weighted by Crippen LogP contribution is -2.38. The molecule has 9 heteroatoms. The van der Waals surface area contributed by atoms with Crippen molar-refractivity contribution in [2.45, 2.75) is 32.9 Å². The molecule has 1 aliphatic rings. The van der Waals surface area contributed by atoms with E-state index in [1.54, 1.807) is 0 Å². The van der Waals surface area contributed by atoms with Crippen molar-refractivity contribution < 1.29 is 27.5 Å². The van der Waals surface area contributed by atoms with E-state index in [-0.39, 0.29) is 12.5 Å². The Morgan fingerprint density at radius 2 is 1.77 bits per heavy atom. The molecule has 0 aliphatic carbocycles. The molecule has 0 bridgehead atoms. The molecule has 1 aliphatic heterocycles. The number of carbonyl (C=O) groups excluding carboxylic acids is 2. The van der Waals surface area contributed by atoms with Gasteiger partial charge in [0, 0.05) is 25.0 Å². The minimum Gasteiger partial charge on any atom is -0.455 e. The first-order chi connectivity index (χ1) is 14.6. The molecule has 1 fully saturated rings. The van der Waals surface area contributed by atoms with Crippen LogP contribution in [0.1, 0.15) is 29.5 Å². The highest BCUT2D eigenvalue weighted by Crippen LogP contribution is 2.30. The number of ether oxygens (including phenoxy) is 1. The number of aryl methyl sites for hydroxylation is 2. The van der Waals surface area contributed by atoms with Crippen molar-refractivity contribution in [3.05, 3.63) is 53.2 Å². The zero-order valence-electron chi connectivity index (χ0n) is 17.3. The van der Waals surface area contributed by atoms with Crippen molar-refractivity contribution >= 4 is 23.4 Å². The summed E-state index contributed by atoms with van der Waals surface area (Å²) in [6.45, 7) is 4.33. The van der Waals surface area contributed by atoms with E-state index in [1.807, 2.05) is 36.9 Å². The average molecular weight is 435 g/mol. The quantitative estimate of drug-likeness (QED) is 0.716. The number of para-hydroxylation sites is 1. The molecule has 2 aromatic rings. The summed E-state index contributed by atoms with van der Waals surface area (Å²) in [7, 11) is 0. The van der Waals surface area contributed by atoms with Crippen molar-refractivity contribution in [1.82, 2.24) is 4.98 Å². The lowest BCUT2D eigenvalue weighted by molar-refractivity contribution is -0.152. The lowest BCUT2D eigenvalue weighted by Gasteiger charge is -2.31. The molecule has 1 amide bonds. The van der Waals surface area contributed by atoms with Gasteiger partial charge in [-0.3, -0.25) is 9.59 Å². The van der Waals surface area contributed by atoms with E-state index >= 15 is 0 Å². The van der Waals surface area contributed by atoms with Gasteiger partial charge in [0.15, 0.2) is 6.61 Å². The third-order valence-corrected chi connectivity index (χ3v) is 5.32. The van der Waals surface area contributed by atoms with Crippen LogP contribution >= 0.6 is 0 Å². The molecule has 0 unspecified atom stereocenters. The molecule has 0 atom stereocenters. The monoisotopic (exact) mass is 435 g/mol. The first-order valence-corrected chi connectivity index (χ1v) is 9.96. The molecule has 1 N–H and O–H groups in total. The topological polar surface area (TPSA) is 71.5 Å². The summed E-state index contributed by atoms with van der Waals surface area (Å²) in [5.41, 5.74) is 1.75. The third-order valence-electron chi connectivity index (χ3n) is 5.32. The fourth-order valence-corrected chi connectivity index (χ4v) is 3.53. The maximum absolute atomic E-state index is 12.7. The van der Waals surface area contributed by atoms with Crippen LogP contribution in [0.2, 0.25) is 0 Å². The number of hydrogen-bond donors (Lipinski definition) is 1. The minimum absolute atomic E-state index is 0.362. The van der Waals surface area contributed by atoms with Crippen LogP contribution in [0.5, 0.6) is 0 Å². The smallest absolute Gasteiger partial charge is 0.417 e. The summed E-state index contributed by atoms with van der Waals surface area (Å²) < 4.78 is 43.2. The number of anilines is 2. The van der Waals surface area contributed by atoms with E-state index < -0.39 is 23.6 Å². The van der Waals surface area contributed by atoms with Crippen molar-refractivity contribution in [1.29, 1.82) is 0 Å². The first kappa shape index (κ1) is 22.6. The number of amides is 1. The van der Waals surface area contributed by atoms with Crippen molar-refractivity contribution in [2.24, 2.45) is 5.92 Å². The van der Waals surface area contributed by atoms with E-state index in [9.17, 15) is 22.8 Å². The number of benzene rings is 1. The average Bonchev–Trinajstić information content (AvgIpc) is 2.74. The second kappa shape index (κ2) is 9.36. The number of aromatic nitrogens is 1. The Morgan fingerprint density at radius 1 is 1.13 bits per heavy atom. The van der Waals surface area contributed by atoms with Crippen molar-refractivity contribution in [3.8, 4) is 0 Å². The number of piperidine rings is 1. The van der Waals surface area contributed by atoms with Gasteiger partial charge >= 0.3 is 12.1 Å². The van der Waals surface area contributed by atoms with E-state index in [0.717, 1.165) is 23.4 Å². The summed E-state index contributed by atoms with van der Waals surface area (Å²) in [5.74, 6) is -0.777. The van der Waals surface area contributed by atoms with E-state index in [0.29, 0.717) is 37.4 Å². The summed E-state index contributed by atoms with van der Waals surface area (Å²) in [6.07, 6.45) is -2.67. The van der Waals surface area contributed by atoms with Gasteiger partial charge in [-0.1, -0.05) is 18.2 Å². The van der Waals surface area contributed by atoms with Gasteiger partial charge in [-0.2, -0.15) is 13.2 Å². The van der Waals surface area contributed by atoms with E-state index in [1.165, 1.54) is 6.07 Å². The molecule has 0 radical (unpaired) electrons. The minimum atomic E-state index is -4.42. The number of hydrogen-bond acceptors (Lipinski definition) is 5. The molecule has 1 saturated heterocycles. The maximum Gasteiger partial charge on any atom is 0.417 e. The molecule has 1 aromatic carbocycles. The summed E-state index contributed by atoms with van der Waals surface area (Å²) >= 11 is 0. The largest absolute Gasteiger partial charge is 0.455 e. The van der Waals surface area contributed by atoms with Crippen LogP contribution < -0.4 is 10.2 Å². The molecule has 2 heterocycles. The van der Waals surface area contributed by atoms with Crippen LogP contribution in [0.15, 0.2) is 36.5 Å². The van der Waals surface area contributed by atoms with Gasteiger partial charge in [-0.05, 0) is 49.9 Å². The van der Waals surface area contributed by atoms with E-state index in [2.05, 4.69) is 10.3 Å². The second-order valence-electron chi connectivity index (χ2n) is 7.59. The zero-order chi connectivity index (χ0) is 22.6. The van der Waals surface area contributed by atoms with E-state index in [4.69, 9.17) is 4.74 Å². The standard InChI is InChI=1S/C22H24F3N3O3/c1-14-4-3-5-15(2)20(14)27-19(29)13-31-21(30)16-8-10-28(11-9-16)18-7-6-17(12-26-18)22(23,24)25/h3-7,12,16H,8-11,13H2,1-2H3,(H,27,29). The number of esters is 1. The first-order valence-electron chi connectivity index (χ1n) is 9.96. The Labute approximate surface area is 178 Å². The maximum atomic E-state index is 12.7. The van der Waals surface area contributed by atoms with Crippen LogP contribution in [0.4, 0.5) is 24.7 Å². The molecular weight excluding hydrogens is 411 g/mol. The number of alkyl halides is 3. The van der Waals surface area contributed by atoms with Crippen molar-refractivity contribution in [3.63, 3.8) is 0 Å². The van der Waals surface area contributed by atoms with Crippen LogP contribution in [0.3, 0.4) is 0 Å². The van der Waals surface area contributed by atoms with Crippen LogP contribution in [-0.4, -0.2) is 36.6 Å². The van der Waals surface area contributed by atoms with Gasteiger partial charge in [-0.15, -0.1) is 0 Å². The number of carbonyl (C=O) groups is 2. The fraction of sp³-hybridized carbons (Fsp3) is 0.409. The normalized spacial score (nSPS) is 14.9. The molecule has 1 aromatic heterocycles. The Hall–Kier alpha value is -3.10. The lowest BCUT2D eigenvalue weighted by atomic mass is 9.97. The summed E-state index contributed by atoms with van der Waals surface area (Å²) in [5, 5.41) is 2.77. The van der Waals surface area contributed by atoms with Crippen LogP contribution in [-0.2, 0) is 20.5 Å². The zero-order valence-corrected chi connectivity index (χ0v) is 17.3. The number of pyridine rings is 1. The number of rotatable bonds is 5. The van der Waals surface area contributed by atoms with Crippen molar-refractivity contribution in [2.75, 3.05) is 29.9 Å². The molecule has 0 spiro atoms. The number of nitrogens with zero attached hydrogens (tertiary/aromatic N) is 2. The highest BCUT2D eigenvalue weighted by Gasteiger charge is 2.31. The highest BCUT2D eigenvalue weighted by atomic mass is 19.4. The van der Waals surface area contributed by atoms with Crippen LogP contribution in [0.25, 0.3) is 0 Å². The SMILES string of the molecule is Cc1cccc(C)c1NC(=O)COC(=O)C1CCN(c2ccc(C(F)(F)F)cn2)CC1. The molecular formula is C22H24F3N3O3. The predicted molar refractivity (Wildman–Crippen MR) is 110 cm³/mol. The van der Waals surface area contributed by atoms with Gasteiger partial charge in [0.2, 0.25) is 0 Å². The molecule has 3 rings (SSSR count). The highest BCUT2D eigenvalue weighted by molar-refractivity contribution is 5.94. The number of nitrogens with one attached hydrogen (secondary N) is 1. The number of halogens is 3. The third kappa shape index (κ3) is 5.74. The van der Waals surface area contributed by atoms with Gasteiger partial charge in [0.05, 0.1) is 11.5 Å². The van der Waals surface area contributed by atoms with Gasteiger partial charge in [0.1, 0.15) is 5.82 Å². The Kier molecular flexibility index (Phi) is 6.82. The van der Waals surface area contributed by atoms with Gasteiger partial charge < -0.3 is 15.0 Å². The second-order valence-corrected chi connectivity index (χ2v) is 7.59. The Morgan fingerprint density at radius 3 is 2.32 bits per heavy atom. The predicted octanol–water partition coefficient (Wildman–Crippen LogP) is 4.12. The Bertz CT molecular complexity index is 917. The van der Waals surface area contributed by atoms with Gasteiger partial charge in [-0.25, -0.2) is 4.98 Å². The van der Waals surface area contributed by atoms with Gasteiger partial charge in [0.25, 0.3) is 5.91 Å². The van der Waals surface area contributed by atoms with Crippen LogP contribution in [0, 0.1) is 19.8 Å². The summed E-state index contributed by atoms with van der Waals surface area (Å²) in [4.78, 5) is 30.2. The fourth-order valence-electron chi connectivity index (χ4n) is 3.53. The molecule has 0 saturated carbocycles. The Balaban J connectivity index is 1.46. The summed E-state index contributed by atoms with van der Waals surface area (Å²) in [6, 6.07) is 7.99. The molecule has 31 heavy (non-hydrogen) atoms. The molecule has 6 nitrogen and oxygen atoms in total. The molecule has 166 valence electrons.